The standard InChI is InChI=1S/C29H32F3N3O2/c1-27(2,17-36-4)24-15-22(34-35-24)23-16-28(3,12-13-37-23)26-25(20-10-5-6-11-21(20)33-26)18-8-7-9-19(14-18)29(30,31)32/h5-11,14-15,23,33H,12-13,16-17H2,1-4H3,(H,34,35). The number of ether oxygens (including phenoxy) is 2. The van der Waals surface area contributed by atoms with Crippen molar-refractivity contribution in [2.45, 2.75) is 56.7 Å². The number of hydrogen-bond acceptors (Lipinski definition) is 3. The fraction of sp³-hybridized carbons (Fsp3) is 0.414. The van der Waals surface area contributed by atoms with Crippen LogP contribution in [0.4, 0.5) is 13.2 Å². The van der Waals surface area contributed by atoms with Crippen molar-refractivity contribution in [2.75, 3.05) is 20.3 Å². The number of methoxy groups -OCH3 is 1. The normalized spacial score (nSPS) is 21.0. The van der Waals surface area contributed by atoms with Gasteiger partial charge in [0.25, 0.3) is 0 Å². The molecule has 37 heavy (non-hydrogen) atoms. The third-order valence-corrected chi connectivity index (χ3v) is 7.54. The van der Waals surface area contributed by atoms with E-state index >= 15 is 0 Å². The van der Waals surface area contributed by atoms with Crippen LogP contribution in [0.25, 0.3) is 22.0 Å². The Labute approximate surface area is 214 Å². The summed E-state index contributed by atoms with van der Waals surface area (Å²) in [4.78, 5) is 3.57. The van der Waals surface area contributed by atoms with Crippen molar-refractivity contribution in [3.63, 3.8) is 0 Å². The monoisotopic (exact) mass is 511 g/mol. The number of H-pyrrole nitrogens is 2. The average Bonchev–Trinajstić information content (AvgIpc) is 3.50. The lowest BCUT2D eigenvalue weighted by Crippen LogP contribution is -2.33. The van der Waals surface area contributed by atoms with Gasteiger partial charge >= 0.3 is 6.18 Å². The highest BCUT2D eigenvalue weighted by Gasteiger charge is 2.40. The summed E-state index contributed by atoms with van der Waals surface area (Å²) < 4.78 is 52.3. The minimum atomic E-state index is -4.41. The first-order chi connectivity index (χ1) is 17.5. The maximum Gasteiger partial charge on any atom is 0.416 e. The van der Waals surface area contributed by atoms with Gasteiger partial charge in [0.1, 0.15) is 0 Å². The molecule has 1 saturated heterocycles. The van der Waals surface area contributed by atoms with Gasteiger partial charge in [0.15, 0.2) is 0 Å². The molecular formula is C29H32F3N3O2. The molecule has 4 aromatic rings. The molecule has 2 N–H and O–H groups in total. The molecule has 0 amide bonds. The van der Waals surface area contributed by atoms with Crippen LogP contribution in [0.1, 0.15) is 62.4 Å². The first kappa shape index (κ1) is 25.5. The zero-order chi connectivity index (χ0) is 26.4. The number of rotatable bonds is 6. The molecule has 3 heterocycles. The summed E-state index contributed by atoms with van der Waals surface area (Å²) in [5.74, 6) is 0. The van der Waals surface area contributed by atoms with Crippen LogP contribution in [0.2, 0.25) is 0 Å². The second-order valence-corrected chi connectivity index (χ2v) is 10.9. The molecule has 5 nitrogen and oxygen atoms in total. The number of halogens is 3. The van der Waals surface area contributed by atoms with Gasteiger partial charge in [-0.15, -0.1) is 0 Å². The van der Waals surface area contributed by atoms with Crippen LogP contribution in [0, 0.1) is 0 Å². The van der Waals surface area contributed by atoms with Gasteiger partial charge in [0.2, 0.25) is 0 Å². The van der Waals surface area contributed by atoms with Crippen molar-refractivity contribution in [1.29, 1.82) is 0 Å². The Morgan fingerprint density at radius 3 is 2.65 bits per heavy atom. The van der Waals surface area contributed by atoms with Crippen molar-refractivity contribution in [1.82, 2.24) is 15.2 Å². The molecule has 1 aliphatic heterocycles. The lowest BCUT2D eigenvalue weighted by Gasteiger charge is -2.38. The first-order valence-corrected chi connectivity index (χ1v) is 12.5. The van der Waals surface area contributed by atoms with E-state index in [2.05, 4.69) is 36.0 Å². The van der Waals surface area contributed by atoms with E-state index in [1.807, 2.05) is 30.3 Å². The van der Waals surface area contributed by atoms with Gasteiger partial charge in [-0.3, -0.25) is 5.10 Å². The molecule has 0 bridgehead atoms. The summed E-state index contributed by atoms with van der Waals surface area (Å²) >= 11 is 0. The highest BCUT2D eigenvalue weighted by Crippen LogP contribution is 2.48. The lowest BCUT2D eigenvalue weighted by atomic mass is 9.74. The molecule has 0 spiro atoms. The van der Waals surface area contributed by atoms with Crippen molar-refractivity contribution < 1.29 is 22.6 Å². The van der Waals surface area contributed by atoms with Gasteiger partial charge in [0, 0.05) is 46.7 Å². The maximum absolute atomic E-state index is 13.6. The largest absolute Gasteiger partial charge is 0.416 e. The Bertz CT molecular complexity index is 1400. The molecule has 2 aromatic carbocycles. The van der Waals surface area contributed by atoms with Gasteiger partial charge in [0.05, 0.1) is 29.7 Å². The number of alkyl halides is 3. The van der Waals surface area contributed by atoms with Crippen molar-refractivity contribution >= 4 is 10.9 Å². The molecule has 0 saturated carbocycles. The molecule has 1 aliphatic rings. The second kappa shape index (κ2) is 9.33. The van der Waals surface area contributed by atoms with Crippen molar-refractivity contribution in [3.05, 3.63) is 77.2 Å². The lowest BCUT2D eigenvalue weighted by molar-refractivity contribution is -0.137. The number of aromatic amines is 2. The number of nitrogens with one attached hydrogen (secondary N) is 2. The smallest absolute Gasteiger partial charge is 0.384 e. The molecule has 1 fully saturated rings. The highest BCUT2D eigenvalue weighted by molar-refractivity contribution is 5.98. The summed E-state index contributed by atoms with van der Waals surface area (Å²) in [6, 6.07) is 15.4. The number of fused-ring (bicyclic) bond motifs is 1. The van der Waals surface area contributed by atoms with Gasteiger partial charge in [-0.2, -0.15) is 18.3 Å². The second-order valence-electron chi connectivity index (χ2n) is 10.9. The maximum atomic E-state index is 13.6. The molecule has 0 aliphatic carbocycles. The molecular weight excluding hydrogens is 479 g/mol. The van der Waals surface area contributed by atoms with E-state index in [4.69, 9.17) is 9.47 Å². The van der Waals surface area contributed by atoms with E-state index in [9.17, 15) is 13.2 Å². The summed E-state index contributed by atoms with van der Waals surface area (Å²) in [5, 5.41) is 8.60. The predicted octanol–water partition coefficient (Wildman–Crippen LogP) is 7.31. The SMILES string of the molecule is COCC(C)(C)c1cc(C2CC(C)(c3[nH]c4ccccc4c3-c3cccc(C(F)(F)F)c3)CCO2)[nH]n1. The summed E-state index contributed by atoms with van der Waals surface area (Å²) in [5.41, 5.74) is 3.72. The average molecular weight is 512 g/mol. The van der Waals surface area contributed by atoms with E-state index < -0.39 is 11.7 Å². The fourth-order valence-corrected chi connectivity index (χ4v) is 5.45. The molecule has 196 valence electrons. The fourth-order valence-electron chi connectivity index (χ4n) is 5.45. The first-order valence-electron chi connectivity index (χ1n) is 12.5. The van der Waals surface area contributed by atoms with Crippen LogP contribution in [-0.2, 0) is 26.5 Å². The van der Waals surface area contributed by atoms with Crippen LogP contribution in [0.15, 0.2) is 54.6 Å². The minimum absolute atomic E-state index is 0.223. The summed E-state index contributed by atoms with van der Waals surface area (Å²) in [6.07, 6.45) is -3.25. The molecule has 0 radical (unpaired) electrons. The third-order valence-electron chi connectivity index (χ3n) is 7.54. The Morgan fingerprint density at radius 1 is 1.11 bits per heavy atom. The van der Waals surface area contributed by atoms with E-state index in [1.54, 1.807) is 13.2 Å². The third kappa shape index (κ3) is 4.80. The van der Waals surface area contributed by atoms with Crippen LogP contribution in [-0.4, -0.2) is 35.5 Å². The molecule has 2 unspecified atom stereocenters. The van der Waals surface area contributed by atoms with Crippen LogP contribution in [0.5, 0.6) is 0 Å². The number of hydrogen-bond donors (Lipinski definition) is 2. The van der Waals surface area contributed by atoms with E-state index in [0.717, 1.165) is 46.0 Å². The Morgan fingerprint density at radius 2 is 1.89 bits per heavy atom. The number of para-hydroxylation sites is 1. The van der Waals surface area contributed by atoms with Crippen LogP contribution >= 0.6 is 0 Å². The van der Waals surface area contributed by atoms with Crippen LogP contribution < -0.4 is 0 Å². The van der Waals surface area contributed by atoms with Gasteiger partial charge in [-0.25, -0.2) is 0 Å². The minimum Gasteiger partial charge on any atom is -0.384 e. The molecule has 2 aromatic heterocycles. The summed E-state index contributed by atoms with van der Waals surface area (Å²) in [7, 11) is 1.67. The Hall–Kier alpha value is -3.10. The molecule has 8 heteroatoms. The Balaban J connectivity index is 1.56. The van der Waals surface area contributed by atoms with E-state index in [0.29, 0.717) is 25.2 Å². The van der Waals surface area contributed by atoms with E-state index in [1.165, 1.54) is 12.1 Å². The van der Waals surface area contributed by atoms with Gasteiger partial charge < -0.3 is 14.5 Å². The number of nitrogens with zero attached hydrogens (tertiary/aromatic N) is 1. The topological polar surface area (TPSA) is 62.9 Å². The number of aromatic nitrogens is 3. The Kier molecular flexibility index (Phi) is 6.44. The number of benzene rings is 2. The predicted molar refractivity (Wildman–Crippen MR) is 138 cm³/mol. The van der Waals surface area contributed by atoms with Gasteiger partial charge in [-0.1, -0.05) is 51.1 Å². The highest BCUT2D eigenvalue weighted by atomic mass is 19.4. The molecule has 5 rings (SSSR count). The van der Waals surface area contributed by atoms with Crippen molar-refractivity contribution in [3.8, 4) is 11.1 Å². The molecule has 2 atom stereocenters. The summed E-state index contributed by atoms with van der Waals surface area (Å²) in [6.45, 7) is 7.38. The van der Waals surface area contributed by atoms with E-state index in [-0.39, 0.29) is 16.9 Å². The van der Waals surface area contributed by atoms with Gasteiger partial charge in [-0.05, 0) is 42.7 Å². The zero-order valence-electron chi connectivity index (χ0n) is 21.5. The van der Waals surface area contributed by atoms with Crippen molar-refractivity contribution in [2.24, 2.45) is 0 Å². The van der Waals surface area contributed by atoms with Crippen LogP contribution in [0.3, 0.4) is 0 Å². The quantitative estimate of drug-likeness (QED) is 0.285. The zero-order valence-corrected chi connectivity index (χ0v) is 21.5.